The predicted molar refractivity (Wildman–Crippen MR) is 99.5 cm³/mol. The first-order chi connectivity index (χ1) is 11.2. The predicted octanol–water partition coefficient (Wildman–Crippen LogP) is 4.75. The highest BCUT2D eigenvalue weighted by atomic mass is 14.6. The molecule has 4 aromatic carbocycles. The lowest BCUT2D eigenvalue weighted by molar-refractivity contribution is 1.24. The van der Waals surface area contributed by atoms with Gasteiger partial charge in [0.2, 0.25) is 0 Å². The Morgan fingerprint density at radius 2 is 0.870 bits per heavy atom. The molecule has 0 aromatic heterocycles. The van der Waals surface area contributed by atoms with Gasteiger partial charge in [-0.1, -0.05) is 60.7 Å². The van der Waals surface area contributed by atoms with Crippen molar-refractivity contribution in [3.8, 4) is 0 Å². The van der Waals surface area contributed by atoms with Crippen LogP contribution >= 0.6 is 0 Å². The first kappa shape index (κ1) is 13.6. The maximum Gasteiger partial charge on any atom is 0.0393 e. The van der Waals surface area contributed by atoms with Crippen molar-refractivity contribution in [3.05, 3.63) is 83.9 Å². The van der Waals surface area contributed by atoms with Gasteiger partial charge in [0.1, 0.15) is 0 Å². The number of anilines is 2. The van der Waals surface area contributed by atoms with Gasteiger partial charge in [0.25, 0.3) is 0 Å². The van der Waals surface area contributed by atoms with Gasteiger partial charge in [-0.2, -0.15) is 0 Å². The lowest BCUT2D eigenvalue weighted by Gasteiger charge is -2.12. The zero-order chi connectivity index (χ0) is 15.8. The van der Waals surface area contributed by atoms with E-state index in [0.29, 0.717) is 0 Å². The Labute approximate surface area is 135 Å². The summed E-state index contributed by atoms with van der Waals surface area (Å²) in [5.41, 5.74) is 16.4. The molecule has 0 amide bonds. The van der Waals surface area contributed by atoms with Gasteiger partial charge in [-0.3, -0.25) is 0 Å². The Bertz CT molecular complexity index is 935. The van der Waals surface area contributed by atoms with E-state index in [4.69, 9.17) is 11.5 Å². The summed E-state index contributed by atoms with van der Waals surface area (Å²) in [6.07, 6.45) is 0.863. The van der Waals surface area contributed by atoms with Crippen molar-refractivity contribution in [2.24, 2.45) is 0 Å². The third-order valence-corrected chi connectivity index (χ3v) is 4.48. The Kier molecular flexibility index (Phi) is 3.16. The van der Waals surface area contributed by atoms with Crippen LogP contribution in [-0.2, 0) is 6.42 Å². The fourth-order valence-electron chi connectivity index (χ4n) is 3.28. The Balaban J connectivity index is 1.89. The summed E-state index contributed by atoms with van der Waals surface area (Å²) in [6, 6.07) is 24.9. The van der Waals surface area contributed by atoms with E-state index in [-0.39, 0.29) is 0 Å². The van der Waals surface area contributed by atoms with Gasteiger partial charge < -0.3 is 11.5 Å². The van der Waals surface area contributed by atoms with E-state index in [2.05, 4.69) is 48.5 Å². The van der Waals surface area contributed by atoms with Crippen LogP contribution in [0.3, 0.4) is 0 Å². The molecule has 0 bridgehead atoms. The molecule has 0 aliphatic carbocycles. The van der Waals surface area contributed by atoms with Crippen molar-refractivity contribution in [1.29, 1.82) is 0 Å². The van der Waals surface area contributed by atoms with E-state index in [1.54, 1.807) is 0 Å². The molecule has 2 heteroatoms. The van der Waals surface area contributed by atoms with Gasteiger partial charge in [0.15, 0.2) is 0 Å². The van der Waals surface area contributed by atoms with Crippen LogP contribution in [0.1, 0.15) is 11.1 Å². The van der Waals surface area contributed by atoms with Crippen molar-refractivity contribution in [3.63, 3.8) is 0 Å². The van der Waals surface area contributed by atoms with Gasteiger partial charge in [-0.15, -0.1) is 0 Å². The molecule has 0 atom stereocenters. The molecule has 4 aromatic rings. The van der Waals surface area contributed by atoms with E-state index < -0.39 is 0 Å². The summed E-state index contributed by atoms with van der Waals surface area (Å²) in [4.78, 5) is 0. The van der Waals surface area contributed by atoms with Gasteiger partial charge in [0, 0.05) is 22.1 Å². The average Bonchev–Trinajstić information content (AvgIpc) is 2.60. The molecule has 2 nitrogen and oxygen atoms in total. The molecule has 0 saturated carbocycles. The number of benzene rings is 4. The average molecular weight is 298 g/mol. The highest BCUT2D eigenvalue weighted by Crippen LogP contribution is 2.30. The SMILES string of the molecule is Nc1ccc(Cc2ccc(N)c3ccccc23)c2ccccc12. The third kappa shape index (κ3) is 2.29. The van der Waals surface area contributed by atoms with E-state index in [0.717, 1.165) is 28.6 Å². The molecular formula is C21H18N2. The molecule has 0 aliphatic heterocycles. The molecule has 112 valence electrons. The van der Waals surface area contributed by atoms with Crippen LogP contribution in [0.4, 0.5) is 11.4 Å². The molecule has 4 rings (SSSR count). The lowest BCUT2D eigenvalue weighted by atomic mass is 9.94. The summed E-state index contributed by atoms with van der Waals surface area (Å²) in [6.45, 7) is 0. The summed E-state index contributed by atoms with van der Waals surface area (Å²) in [5.74, 6) is 0. The Hall–Kier alpha value is -3.00. The highest BCUT2D eigenvalue weighted by Gasteiger charge is 2.08. The summed E-state index contributed by atoms with van der Waals surface area (Å²) in [7, 11) is 0. The first-order valence-corrected chi connectivity index (χ1v) is 7.76. The largest absolute Gasteiger partial charge is 0.398 e. The first-order valence-electron chi connectivity index (χ1n) is 7.76. The summed E-state index contributed by atoms with van der Waals surface area (Å²) < 4.78 is 0. The smallest absolute Gasteiger partial charge is 0.0393 e. The van der Waals surface area contributed by atoms with Crippen LogP contribution in [0.25, 0.3) is 21.5 Å². The second kappa shape index (κ2) is 5.33. The molecule has 0 unspecified atom stereocenters. The minimum Gasteiger partial charge on any atom is -0.398 e. The minimum atomic E-state index is 0.825. The third-order valence-electron chi connectivity index (χ3n) is 4.48. The van der Waals surface area contributed by atoms with E-state index in [1.807, 2.05) is 24.3 Å². The number of fused-ring (bicyclic) bond motifs is 2. The molecule has 0 radical (unpaired) electrons. The van der Waals surface area contributed by atoms with Crippen LogP contribution in [0, 0.1) is 0 Å². The van der Waals surface area contributed by atoms with Gasteiger partial charge in [0.05, 0.1) is 0 Å². The Morgan fingerprint density at radius 3 is 1.30 bits per heavy atom. The van der Waals surface area contributed by atoms with Gasteiger partial charge in [-0.05, 0) is 40.5 Å². The van der Waals surface area contributed by atoms with Gasteiger partial charge >= 0.3 is 0 Å². The number of rotatable bonds is 2. The van der Waals surface area contributed by atoms with Crippen LogP contribution in [0.5, 0.6) is 0 Å². The molecule has 0 saturated heterocycles. The van der Waals surface area contributed by atoms with Crippen molar-refractivity contribution >= 4 is 32.9 Å². The standard InChI is InChI=1S/C21H18N2/c22-20-11-9-14(16-5-1-3-7-18(16)20)13-15-10-12-21(23)19-8-4-2-6-17(15)19/h1-12H,13,22-23H2. The van der Waals surface area contributed by atoms with E-state index >= 15 is 0 Å². The van der Waals surface area contributed by atoms with Gasteiger partial charge in [-0.25, -0.2) is 0 Å². The van der Waals surface area contributed by atoms with Crippen LogP contribution in [0.15, 0.2) is 72.8 Å². The maximum absolute atomic E-state index is 6.11. The van der Waals surface area contributed by atoms with Crippen molar-refractivity contribution in [2.75, 3.05) is 11.5 Å². The minimum absolute atomic E-state index is 0.825. The molecule has 0 fully saturated rings. The lowest BCUT2D eigenvalue weighted by Crippen LogP contribution is -1.96. The van der Waals surface area contributed by atoms with Crippen molar-refractivity contribution in [1.82, 2.24) is 0 Å². The zero-order valence-corrected chi connectivity index (χ0v) is 12.8. The van der Waals surface area contributed by atoms with Crippen LogP contribution < -0.4 is 11.5 Å². The van der Waals surface area contributed by atoms with Crippen LogP contribution in [0.2, 0.25) is 0 Å². The normalized spacial score (nSPS) is 11.1. The molecule has 0 aliphatic rings. The highest BCUT2D eigenvalue weighted by molar-refractivity contribution is 5.97. The second-order valence-corrected chi connectivity index (χ2v) is 5.90. The number of hydrogen-bond donors (Lipinski definition) is 2. The van der Waals surface area contributed by atoms with Crippen molar-refractivity contribution < 1.29 is 0 Å². The molecule has 23 heavy (non-hydrogen) atoms. The zero-order valence-electron chi connectivity index (χ0n) is 12.8. The summed E-state index contributed by atoms with van der Waals surface area (Å²) >= 11 is 0. The maximum atomic E-state index is 6.11. The molecule has 0 spiro atoms. The number of hydrogen-bond acceptors (Lipinski definition) is 2. The quantitative estimate of drug-likeness (QED) is 0.525. The number of nitrogens with two attached hydrogens (primary N) is 2. The number of nitrogen functional groups attached to an aromatic ring is 2. The van der Waals surface area contributed by atoms with E-state index in [1.165, 1.54) is 21.9 Å². The monoisotopic (exact) mass is 298 g/mol. The molecular weight excluding hydrogens is 280 g/mol. The fraction of sp³-hybridized carbons (Fsp3) is 0.0476. The molecule has 0 heterocycles. The second-order valence-electron chi connectivity index (χ2n) is 5.90. The van der Waals surface area contributed by atoms with Crippen molar-refractivity contribution in [2.45, 2.75) is 6.42 Å². The Morgan fingerprint density at radius 1 is 0.478 bits per heavy atom. The fourth-order valence-corrected chi connectivity index (χ4v) is 3.28. The summed E-state index contributed by atoms with van der Waals surface area (Å²) in [5, 5.41) is 4.66. The van der Waals surface area contributed by atoms with E-state index in [9.17, 15) is 0 Å². The topological polar surface area (TPSA) is 52.0 Å². The molecule has 4 N–H and O–H groups in total. The van der Waals surface area contributed by atoms with Crippen LogP contribution in [-0.4, -0.2) is 0 Å².